The number of aliphatic hydroxyl groups excluding tert-OH is 2. The Balaban J connectivity index is 2.80. The van der Waals surface area contributed by atoms with Gasteiger partial charge in [0.1, 0.15) is 5.15 Å². The molecular weight excluding hydrogens is 266 g/mol. The summed E-state index contributed by atoms with van der Waals surface area (Å²) < 4.78 is 1.68. The first-order chi connectivity index (χ1) is 8.86. The molecule has 19 heavy (non-hydrogen) atoms. The first-order valence-electron chi connectivity index (χ1n) is 6.47. The van der Waals surface area contributed by atoms with Crippen molar-refractivity contribution < 1.29 is 10.2 Å². The van der Waals surface area contributed by atoms with Gasteiger partial charge < -0.3 is 15.1 Å². The highest BCUT2D eigenvalue weighted by Crippen LogP contribution is 2.23. The highest BCUT2D eigenvalue weighted by atomic mass is 35.5. The maximum absolute atomic E-state index is 9.33. The number of nitrogens with zero attached hydrogens (tertiary/aromatic N) is 3. The van der Waals surface area contributed by atoms with Crippen LogP contribution in [0.1, 0.15) is 25.1 Å². The van der Waals surface area contributed by atoms with Crippen LogP contribution in [0.5, 0.6) is 0 Å². The van der Waals surface area contributed by atoms with E-state index in [4.69, 9.17) is 11.6 Å². The van der Waals surface area contributed by atoms with Gasteiger partial charge in [-0.15, -0.1) is 0 Å². The Morgan fingerprint density at radius 3 is 2.42 bits per heavy atom. The molecule has 110 valence electrons. The Hall–Kier alpha value is -0.620. The molecule has 0 amide bonds. The molecule has 0 fully saturated rings. The summed E-state index contributed by atoms with van der Waals surface area (Å²) >= 11 is 6.25. The Labute approximate surface area is 119 Å². The second-order valence-electron chi connectivity index (χ2n) is 5.49. The van der Waals surface area contributed by atoms with E-state index in [1.807, 2.05) is 27.9 Å². The van der Waals surface area contributed by atoms with E-state index in [9.17, 15) is 10.2 Å². The molecule has 1 rings (SSSR count). The van der Waals surface area contributed by atoms with Gasteiger partial charge in [0, 0.05) is 31.1 Å². The summed E-state index contributed by atoms with van der Waals surface area (Å²) in [5.41, 5.74) is 1.51. The van der Waals surface area contributed by atoms with Crippen molar-refractivity contribution in [1.82, 2.24) is 14.7 Å². The van der Waals surface area contributed by atoms with Crippen molar-refractivity contribution in [2.75, 3.05) is 26.8 Å². The molecule has 2 N–H and O–H groups in total. The van der Waals surface area contributed by atoms with Gasteiger partial charge in [0.05, 0.1) is 18.9 Å². The van der Waals surface area contributed by atoms with E-state index in [0.717, 1.165) is 17.7 Å². The van der Waals surface area contributed by atoms with Gasteiger partial charge in [0.2, 0.25) is 0 Å². The molecule has 0 aliphatic rings. The van der Waals surface area contributed by atoms with Crippen LogP contribution in [0.25, 0.3) is 0 Å². The third-order valence-corrected chi connectivity index (χ3v) is 3.80. The predicted molar refractivity (Wildman–Crippen MR) is 76.2 cm³/mol. The van der Waals surface area contributed by atoms with Gasteiger partial charge in [-0.05, 0) is 13.5 Å². The maximum Gasteiger partial charge on any atom is 0.131 e. The van der Waals surface area contributed by atoms with Crippen molar-refractivity contribution in [2.45, 2.75) is 26.8 Å². The Morgan fingerprint density at radius 1 is 1.37 bits per heavy atom. The van der Waals surface area contributed by atoms with E-state index < -0.39 is 5.41 Å². The zero-order chi connectivity index (χ0) is 14.6. The molecule has 6 heteroatoms. The van der Waals surface area contributed by atoms with Crippen LogP contribution in [0, 0.1) is 5.41 Å². The van der Waals surface area contributed by atoms with Crippen LogP contribution < -0.4 is 0 Å². The lowest BCUT2D eigenvalue weighted by atomic mass is 9.92. The molecule has 0 unspecified atom stereocenters. The standard InChI is InChI=1S/C13H24ClN3O2/c1-5-11-10(12(14)17(4)15-11)6-16(3)7-13(2,8-18)9-19/h18-19H,5-9H2,1-4H3. The minimum absolute atomic E-state index is 0.0464. The topological polar surface area (TPSA) is 61.5 Å². The molecule has 1 aromatic heterocycles. The van der Waals surface area contributed by atoms with Crippen LogP contribution in [-0.2, 0) is 20.0 Å². The minimum atomic E-state index is -0.504. The average molecular weight is 290 g/mol. The molecular formula is C13H24ClN3O2. The van der Waals surface area contributed by atoms with Crippen LogP contribution in [0.2, 0.25) is 5.15 Å². The molecule has 0 aliphatic carbocycles. The fourth-order valence-electron chi connectivity index (χ4n) is 2.17. The molecule has 1 aromatic rings. The van der Waals surface area contributed by atoms with Crippen LogP contribution in [-0.4, -0.2) is 51.7 Å². The Morgan fingerprint density at radius 2 is 1.95 bits per heavy atom. The lowest BCUT2D eigenvalue weighted by molar-refractivity contribution is 0.0401. The van der Waals surface area contributed by atoms with Crippen molar-refractivity contribution in [3.05, 3.63) is 16.4 Å². The molecule has 0 atom stereocenters. The van der Waals surface area contributed by atoms with Crippen molar-refractivity contribution in [3.8, 4) is 0 Å². The molecule has 0 bridgehead atoms. The normalized spacial score (nSPS) is 12.4. The van der Waals surface area contributed by atoms with Crippen LogP contribution in [0.15, 0.2) is 0 Å². The summed E-state index contributed by atoms with van der Waals surface area (Å²) in [7, 11) is 3.78. The zero-order valence-electron chi connectivity index (χ0n) is 12.1. The fourth-order valence-corrected chi connectivity index (χ4v) is 2.37. The summed E-state index contributed by atoms with van der Waals surface area (Å²) in [4.78, 5) is 2.05. The van der Waals surface area contributed by atoms with Crippen LogP contribution in [0.4, 0.5) is 0 Å². The summed E-state index contributed by atoms with van der Waals surface area (Å²) in [6, 6.07) is 0. The van der Waals surface area contributed by atoms with E-state index in [1.54, 1.807) is 4.68 Å². The molecule has 0 saturated heterocycles. The Kier molecular flexibility index (Phi) is 5.80. The number of rotatable bonds is 7. The van der Waals surface area contributed by atoms with Gasteiger partial charge in [-0.3, -0.25) is 4.68 Å². The van der Waals surface area contributed by atoms with Crippen molar-refractivity contribution >= 4 is 11.6 Å². The summed E-state index contributed by atoms with van der Waals surface area (Å²) in [6.45, 7) is 5.06. The lowest BCUT2D eigenvalue weighted by Crippen LogP contribution is -2.38. The minimum Gasteiger partial charge on any atom is -0.396 e. The van der Waals surface area contributed by atoms with Gasteiger partial charge in [0.15, 0.2) is 0 Å². The SMILES string of the molecule is CCc1nn(C)c(Cl)c1CN(C)CC(C)(CO)CO. The zero-order valence-corrected chi connectivity index (χ0v) is 12.9. The first kappa shape index (κ1) is 16.4. The van der Waals surface area contributed by atoms with Gasteiger partial charge in [-0.25, -0.2) is 0 Å². The number of hydrogen-bond donors (Lipinski definition) is 2. The third kappa shape index (κ3) is 3.92. The maximum atomic E-state index is 9.33. The van der Waals surface area contributed by atoms with Crippen molar-refractivity contribution in [3.63, 3.8) is 0 Å². The highest BCUT2D eigenvalue weighted by molar-refractivity contribution is 6.30. The van der Waals surface area contributed by atoms with E-state index in [0.29, 0.717) is 18.2 Å². The number of aliphatic hydroxyl groups is 2. The van der Waals surface area contributed by atoms with E-state index in [-0.39, 0.29) is 13.2 Å². The monoisotopic (exact) mass is 289 g/mol. The fraction of sp³-hybridized carbons (Fsp3) is 0.769. The number of halogens is 1. The average Bonchev–Trinajstić information content (AvgIpc) is 2.66. The molecule has 0 aliphatic heterocycles. The first-order valence-corrected chi connectivity index (χ1v) is 6.85. The predicted octanol–water partition coefficient (Wildman–Crippen LogP) is 1.06. The largest absolute Gasteiger partial charge is 0.396 e. The summed E-state index contributed by atoms with van der Waals surface area (Å²) in [6.07, 6.45) is 0.834. The van der Waals surface area contributed by atoms with Gasteiger partial charge in [-0.2, -0.15) is 5.10 Å². The second-order valence-corrected chi connectivity index (χ2v) is 5.85. The molecule has 0 spiro atoms. The van der Waals surface area contributed by atoms with E-state index in [2.05, 4.69) is 10.00 Å². The Bertz CT molecular complexity index is 416. The summed E-state index contributed by atoms with van der Waals surface area (Å²) in [5, 5.41) is 23.7. The quantitative estimate of drug-likeness (QED) is 0.788. The van der Waals surface area contributed by atoms with E-state index >= 15 is 0 Å². The molecule has 0 radical (unpaired) electrons. The van der Waals surface area contributed by atoms with E-state index in [1.165, 1.54) is 0 Å². The van der Waals surface area contributed by atoms with Crippen molar-refractivity contribution in [2.24, 2.45) is 12.5 Å². The molecule has 0 aromatic carbocycles. The smallest absolute Gasteiger partial charge is 0.131 e. The molecule has 0 saturated carbocycles. The third-order valence-electron chi connectivity index (χ3n) is 3.33. The number of aromatic nitrogens is 2. The highest BCUT2D eigenvalue weighted by Gasteiger charge is 2.25. The lowest BCUT2D eigenvalue weighted by Gasteiger charge is -2.30. The molecule has 5 nitrogen and oxygen atoms in total. The number of hydrogen-bond acceptors (Lipinski definition) is 4. The van der Waals surface area contributed by atoms with Gasteiger partial charge in [0.25, 0.3) is 0 Å². The number of aryl methyl sites for hydroxylation is 2. The van der Waals surface area contributed by atoms with Crippen molar-refractivity contribution in [1.29, 1.82) is 0 Å². The van der Waals surface area contributed by atoms with Gasteiger partial charge in [-0.1, -0.05) is 25.4 Å². The van der Waals surface area contributed by atoms with Crippen LogP contribution >= 0.6 is 11.6 Å². The summed E-state index contributed by atoms with van der Waals surface area (Å²) in [5.74, 6) is 0. The van der Waals surface area contributed by atoms with Gasteiger partial charge >= 0.3 is 0 Å². The van der Waals surface area contributed by atoms with Crippen LogP contribution in [0.3, 0.4) is 0 Å². The molecule has 1 heterocycles. The second kappa shape index (κ2) is 6.70.